The van der Waals surface area contributed by atoms with Gasteiger partial charge in [-0.1, -0.05) is 0 Å². The molecule has 108 valence electrons. The molecule has 0 saturated heterocycles. The largest absolute Gasteiger partial charge is 0.481 e. The van der Waals surface area contributed by atoms with E-state index in [0.29, 0.717) is 11.0 Å². The van der Waals surface area contributed by atoms with Crippen LogP contribution in [0.2, 0.25) is 0 Å². The molecule has 3 N–H and O–H groups in total. The van der Waals surface area contributed by atoms with E-state index in [-0.39, 0.29) is 17.9 Å². The molecule has 0 atom stereocenters. The normalized spacial score (nSPS) is 12.1. The molecule has 0 fully saturated rings. The number of aliphatic carboxylic acids is 1. The number of carboxylic acid groups (broad SMARTS) is 1. The van der Waals surface area contributed by atoms with Gasteiger partial charge in [-0.25, -0.2) is 17.5 Å². The van der Waals surface area contributed by atoms with Crippen LogP contribution in [-0.2, 0) is 14.8 Å². The van der Waals surface area contributed by atoms with Gasteiger partial charge in [0.2, 0.25) is 10.0 Å². The first kappa shape index (κ1) is 14.3. The number of rotatable bonds is 5. The summed E-state index contributed by atoms with van der Waals surface area (Å²) in [5.41, 5.74) is 0.457. The Labute approximate surface area is 114 Å². The maximum absolute atomic E-state index is 12.2. The Bertz CT molecular complexity index is 805. The lowest BCUT2D eigenvalue weighted by molar-refractivity contribution is -0.137. The highest BCUT2D eigenvalue weighted by molar-refractivity contribution is 7.89. The smallest absolute Gasteiger partial charge is 0.323 e. The van der Waals surface area contributed by atoms with Crippen LogP contribution in [0.3, 0.4) is 0 Å². The van der Waals surface area contributed by atoms with Crippen molar-refractivity contribution >= 4 is 27.0 Å². The summed E-state index contributed by atoms with van der Waals surface area (Å²) in [6.07, 6.45) is -0.279. The SMILES string of the molecule is CN(CCC(=O)O)S(=O)(=O)c1ccc2[nH]c(=O)[nH]c2c1. The minimum atomic E-state index is -3.78. The lowest BCUT2D eigenvalue weighted by atomic mass is 10.3. The lowest BCUT2D eigenvalue weighted by Crippen LogP contribution is -2.29. The fraction of sp³-hybridized carbons (Fsp3) is 0.273. The van der Waals surface area contributed by atoms with Gasteiger partial charge < -0.3 is 15.1 Å². The number of nitrogens with zero attached hydrogens (tertiary/aromatic N) is 1. The highest BCUT2D eigenvalue weighted by Crippen LogP contribution is 2.18. The first-order valence-electron chi connectivity index (χ1n) is 5.71. The van der Waals surface area contributed by atoms with Crippen LogP contribution in [-0.4, -0.2) is 47.4 Å². The third-order valence-electron chi connectivity index (χ3n) is 2.84. The number of aromatic nitrogens is 2. The summed E-state index contributed by atoms with van der Waals surface area (Å²) in [7, 11) is -2.47. The van der Waals surface area contributed by atoms with Gasteiger partial charge in [0.05, 0.1) is 22.3 Å². The Balaban J connectivity index is 2.35. The van der Waals surface area contributed by atoms with Crippen molar-refractivity contribution in [3.8, 4) is 0 Å². The molecule has 1 heterocycles. The maximum atomic E-state index is 12.2. The average Bonchev–Trinajstić information content (AvgIpc) is 2.74. The Morgan fingerprint density at radius 2 is 1.95 bits per heavy atom. The zero-order valence-electron chi connectivity index (χ0n) is 10.6. The Morgan fingerprint density at radius 3 is 2.60 bits per heavy atom. The van der Waals surface area contributed by atoms with Crippen molar-refractivity contribution in [2.75, 3.05) is 13.6 Å². The second-order valence-corrected chi connectivity index (χ2v) is 6.30. The molecule has 0 aliphatic carbocycles. The van der Waals surface area contributed by atoms with Crippen LogP contribution in [0, 0.1) is 0 Å². The van der Waals surface area contributed by atoms with Gasteiger partial charge in [0.25, 0.3) is 0 Å². The summed E-state index contributed by atoms with van der Waals surface area (Å²) in [6, 6.07) is 4.17. The maximum Gasteiger partial charge on any atom is 0.323 e. The zero-order chi connectivity index (χ0) is 14.9. The number of hydrogen-bond acceptors (Lipinski definition) is 4. The first-order chi connectivity index (χ1) is 9.30. The van der Waals surface area contributed by atoms with Gasteiger partial charge in [0.15, 0.2) is 0 Å². The van der Waals surface area contributed by atoms with Crippen LogP contribution in [0.5, 0.6) is 0 Å². The van der Waals surface area contributed by atoms with Crippen molar-refractivity contribution in [1.29, 1.82) is 0 Å². The molecule has 0 aliphatic heterocycles. The number of hydrogen-bond donors (Lipinski definition) is 3. The van der Waals surface area contributed by atoms with E-state index in [9.17, 15) is 18.0 Å². The van der Waals surface area contributed by atoms with Gasteiger partial charge in [0, 0.05) is 13.6 Å². The Morgan fingerprint density at radius 1 is 1.30 bits per heavy atom. The summed E-state index contributed by atoms with van der Waals surface area (Å²) in [5, 5.41) is 8.58. The number of nitrogens with one attached hydrogen (secondary N) is 2. The van der Waals surface area contributed by atoms with Crippen molar-refractivity contribution in [3.63, 3.8) is 0 Å². The number of H-pyrrole nitrogens is 2. The second kappa shape index (κ2) is 5.10. The van der Waals surface area contributed by atoms with Gasteiger partial charge in [0.1, 0.15) is 0 Å². The van der Waals surface area contributed by atoms with E-state index >= 15 is 0 Å². The van der Waals surface area contributed by atoms with Crippen molar-refractivity contribution < 1.29 is 18.3 Å². The van der Waals surface area contributed by atoms with Gasteiger partial charge in [-0.05, 0) is 18.2 Å². The molecule has 0 bridgehead atoms. The molecule has 0 saturated carbocycles. The van der Waals surface area contributed by atoms with Crippen molar-refractivity contribution in [2.45, 2.75) is 11.3 Å². The summed E-state index contributed by atoms with van der Waals surface area (Å²) in [6.45, 7) is -0.126. The van der Waals surface area contributed by atoms with Gasteiger partial charge >= 0.3 is 11.7 Å². The van der Waals surface area contributed by atoms with Crippen LogP contribution < -0.4 is 5.69 Å². The monoisotopic (exact) mass is 299 g/mol. The third kappa shape index (κ3) is 2.73. The van der Waals surface area contributed by atoms with Gasteiger partial charge in [-0.15, -0.1) is 0 Å². The molecule has 0 radical (unpaired) electrons. The number of imidazole rings is 1. The van der Waals surface area contributed by atoms with Crippen LogP contribution in [0.25, 0.3) is 11.0 Å². The highest BCUT2D eigenvalue weighted by atomic mass is 32.2. The quantitative estimate of drug-likeness (QED) is 0.714. The van der Waals surface area contributed by atoms with E-state index in [0.717, 1.165) is 4.31 Å². The van der Waals surface area contributed by atoms with E-state index < -0.39 is 21.7 Å². The molecule has 0 aliphatic rings. The molecule has 1 aromatic carbocycles. The Kier molecular flexibility index (Phi) is 3.64. The van der Waals surface area contributed by atoms with Crippen molar-refractivity contribution in [3.05, 3.63) is 28.7 Å². The lowest BCUT2D eigenvalue weighted by Gasteiger charge is -2.16. The number of carboxylic acids is 1. The van der Waals surface area contributed by atoms with Crippen molar-refractivity contribution in [1.82, 2.24) is 14.3 Å². The van der Waals surface area contributed by atoms with Gasteiger partial charge in [-0.2, -0.15) is 0 Å². The van der Waals surface area contributed by atoms with E-state index in [4.69, 9.17) is 5.11 Å². The molecule has 20 heavy (non-hydrogen) atoms. The molecule has 2 aromatic rings. The molecule has 2 rings (SSSR count). The fourth-order valence-corrected chi connectivity index (χ4v) is 2.92. The van der Waals surface area contributed by atoms with E-state index in [2.05, 4.69) is 9.97 Å². The number of sulfonamides is 1. The summed E-state index contributed by atoms with van der Waals surface area (Å²) in [4.78, 5) is 26.6. The van der Waals surface area contributed by atoms with E-state index in [1.807, 2.05) is 0 Å². The topological polar surface area (TPSA) is 123 Å². The Hall–Kier alpha value is -2.13. The zero-order valence-corrected chi connectivity index (χ0v) is 11.4. The summed E-state index contributed by atoms with van der Waals surface area (Å²) >= 11 is 0. The van der Waals surface area contributed by atoms with Crippen molar-refractivity contribution in [2.24, 2.45) is 0 Å². The minimum Gasteiger partial charge on any atom is -0.481 e. The minimum absolute atomic E-state index is 0.00635. The predicted octanol–water partition coefficient (Wildman–Crippen LogP) is -0.0486. The molecular weight excluding hydrogens is 286 g/mol. The van der Waals surface area contributed by atoms with Crippen LogP contribution in [0.1, 0.15) is 6.42 Å². The van der Waals surface area contributed by atoms with E-state index in [1.54, 1.807) is 0 Å². The average molecular weight is 299 g/mol. The van der Waals surface area contributed by atoms with Gasteiger partial charge in [-0.3, -0.25) is 4.79 Å². The number of benzene rings is 1. The number of aromatic amines is 2. The van der Waals surface area contributed by atoms with Crippen LogP contribution in [0.4, 0.5) is 0 Å². The molecular formula is C11H13N3O5S. The summed E-state index contributed by atoms with van der Waals surface area (Å²) < 4.78 is 25.4. The molecule has 0 unspecified atom stereocenters. The number of carbonyl (C=O) groups is 1. The van der Waals surface area contributed by atoms with Crippen LogP contribution >= 0.6 is 0 Å². The number of fused-ring (bicyclic) bond motifs is 1. The molecule has 0 amide bonds. The second-order valence-electron chi connectivity index (χ2n) is 4.26. The van der Waals surface area contributed by atoms with E-state index in [1.165, 1.54) is 25.2 Å². The molecule has 9 heteroatoms. The first-order valence-corrected chi connectivity index (χ1v) is 7.15. The molecule has 0 spiro atoms. The fourth-order valence-electron chi connectivity index (χ4n) is 1.73. The third-order valence-corrected chi connectivity index (χ3v) is 4.69. The summed E-state index contributed by atoms with van der Waals surface area (Å²) in [5.74, 6) is -1.07. The standard InChI is InChI=1S/C11H13N3O5S/c1-14(5-4-10(15)16)20(18,19)7-2-3-8-9(6-7)13-11(17)12-8/h2-3,6H,4-5H2,1H3,(H,15,16)(H2,12,13,17). The van der Waals surface area contributed by atoms with Crippen LogP contribution in [0.15, 0.2) is 27.9 Å². The molecule has 1 aromatic heterocycles. The molecule has 8 nitrogen and oxygen atoms in total. The highest BCUT2D eigenvalue weighted by Gasteiger charge is 2.21. The predicted molar refractivity (Wildman–Crippen MR) is 71.0 cm³/mol.